The van der Waals surface area contributed by atoms with E-state index >= 15 is 0 Å². The lowest BCUT2D eigenvalue weighted by Gasteiger charge is -2.29. The number of hydrogen-bond donors (Lipinski definition) is 1. The summed E-state index contributed by atoms with van der Waals surface area (Å²) in [5.41, 5.74) is 6.54. The fourth-order valence-electron chi connectivity index (χ4n) is 2.08. The van der Waals surface area contributed by atoms with Crippen LogP contribution in [0.4, 0.5) is 0 Å². The summed E-state index contributed by atoms with van der Waals surface area (Å²) in [6.45, 7) is 2.15. The molecule has 0 bridgehead atoms. The van der Waals surface area contributed by atoms with E-state index in [4.69, 9.17) is 22.7 Å². The number of likely N-dealkylation sites (tertiary alicyclic amines) is 1. The van der Waals surface area contributed by atoms with Crippen LogP contribution in [-0.2, 0) is 0 Å². The summed E-state index contributed by atoms with van der Waals surface area (Å²) < 4.78 is 7.00. The summed E-state index contributed by atoms with van der Waals surface area (Å²) in [4.78, 5) is 2.69. The number of rotatable bonds is 3. The Kier molecular flexibility index (Phi) is 4.59. The molecule has 1 aliphatic heterocycles. The molecular formula is C13H17BrN2OS. The summed E-state index contributed by atoms with van der Waals surface area (Å²) in [5.74, 6) is 0.792. The molecule has 0 radical (unpaired) electrons. The highest BCUT2D eigenvalue weighted by atomic mass is 79.9. The van der Waals surface area contributed by atoms with E-state index in [0.29, 0.717) is 4.99 Å². The van der Waals surface area contributed by atoms with E-state index in [0.717, 1.165) is 41.7 Å². The molecule has 98 valence electrons. The molecule has 0 spiro atoms. The van der Waals surface area contributed by atoms with Crippen LogP contribution in [0.15, 0.2) is 22.7 Å². The Morgan fingerprint density at radius 2 is 2.11 bits per heavy atom. The van der Waals surface area contributed by atoms with E-state index in [-0.39, 0.29) is 6.10 Å². The molecule has 0 aliphatic carbocycles. The van der Waals surface area contributed by atoms with Crippen molar-refractivity contribution >= 4 is 33.1 Å². The van der Waals surface area contributed by atoms with Gasteiger partial charge in [0.2, 0.25) is 0 Å². The zero-order valence-electron chi connectivity index (χ0n) is 10.4. The molecule has 1 aromatic rings. The topological polar surface area (TPSA) is 38.5 Å². The second kappa shape index (κ2) is 5.99. The molecule has 3 nitrogen and oxygen atoms in total. The second-order valence-electron chi connectivity index (χ2n) is 4.63. The van der Waals surface area contributed by atoms with Gasteiger partial charge in [-0.1, -0.05) is 28.1 Å². The minimum absolute atomic E-state index is 0.260. The van der Waals surface area contributed by atoms with Crippen molar-refractivity contribution in [1.82, 2.24) is 4.90 Å². The lowest BCUT2D eigenvalue weighted by molar-refractivity contribution is 0.114. The molecule has 0 amide bonds. The molecule has 1 heterocycles. The Hall–Kier alpha value is -0.650. The molecular weight excluding hydrogens is 312 g/mol. The minimum Gasteiger partial charge on any atom is -0.490 e. The molecule has 0 aromatic heterocycles. The molecule has 1 aliphatic rings. The first-order chi connectivity index (χ1) is 8.56. The third kappa shape index (κ3) is 3.43. The molecule has 0 saturated carbocycles. The largest absolute Gasteiger partial charge is 0.490 e. The van der Waals surface area contributed by atoms with Gasteiger partial charge in [0.1, 0.15) is 16.8 Å². The van der Waals surface area contributed by atoms with Gasteiger partial charge in [-0.15, -0.1) is 0 Å². The Morgan fingerprint density at radius 3 is 2.72 bits per heavy atom. The first-order valence-corrected chi connectivity index (χ1v) is 7.21. The maximum Gasteiger partial charge on any atom is 0.129 e. The molecule has 1 fully saturated rings. The maximum absolute atomic E-state index is 6.04. The van der Waals surface area contributed by atoms with Crippen LogP contribution in [0.1, 0.15) is 18.4 Å². The molecule has 1 saturated heterocycles. The number of nitrogens with zero attached hydrogens (tertiary/aromatic N) is 1. The third-order valence-corrected chi connectivity index (χ3v) is 3.88. The number of thiocarbonyl (C=S) groups is 1. The Labute approximate surface area is 121 Å². The summed E-state index contributed by atoms with van der Waals surface area (Å²) in [5, 5.41) is 0. The van der Waals surface area contributed by atoms with Crippen LogP contribution in [0.2, 0.25) is 0 Å². The number of nitrogens with two attached hydrogens (primary N) is 1. The van der Waals surface area contributed by atoms with Gasteiger partial charge in [-0.3, -0.25) is 0 Å². The van der Waals surface area contributed by atoms with Gasteiger partial charge in [0.25, 0.3) is 0 Å². The number of ether oxygens (including phenoxy) is 1. The standard InChI is InChI=1S/C13H17BrN2OS/c1-16-6-4-10(5-7-16)17-12-3-2-9(14)8-11(12)13(15)18/h2-3,8,10H,4-7H2,1H3,(H2,15,18). The van der Waals surface area contributed by atoms with E-state index < -0.39 is 0 Å². The third-order valence-electron chi connectivity index (χ3n) is 3.17. The van der Waals surface area contributed by atoms with Gasteiger partial charge >= 0.3 is 0 Å². The number of piperidine rings is 1. The van der Waals surface area contributed by atoms with Gasteiger partial charge in [0.15, 0.2) is 0 Å². The summed E-state index contributed by atoms with van der Waals surface area (Å²) in [6, 6.07) is 5.79. The van der Waals surface area contributed by atoms with Crippen molar-refractivity contribution in [1.29, 1.82) is 0 Å². The summed E-state index contributed by atoms with van der Waals surface area (Å²) >= 11 is 8.48. The molecule has 0 atom stereocenters. The van der Waals surface area contributed by atoms with Gasteiger partial charge in [0.05, 0.1) is 5.56 Å². The molecule has 2 N–H and O–H groups in total. The number of halogens is 1. The molecule has 0 unspecified atom stereocenters. The first kappa shape index (κ1) is 13.8. The van der Waals surface area contributed by atoms with Gasteiger partial charge in [-0.25, -0.2) is 0 Å². The Balaban J connectivity index is 2.11. The summed E-state index contributed by atoms with van der Waals surface area (Å²) in [6.07, 6.45) is 2.35. The van der Waals surface area contributed by atoms with E-state index in [1.54, 1.807) is 0 Å². The normalized spacial score (nSPS) is 17.7. The predicted octanol–water partition coefficient (Wildman–Crippen LogP) is 2.56. The number of hydrogen-bond acceptors (Lipinski definition) is 3. The van der Waals surface area contributed by atoms with E-state index in [9.17, 15) is 0 Å². The van der Waals surface area contributed by atoms with Crippen LogP contribution in [0, 0.1) is 0 Å². The van der Waals surface area contributed by atoms with E-state index in [1.807, 2.05) is 18.2 Å². The maximum atomic E-state index is 6.04. The summed E-state index contributed by atoms with van der Waals surface area (Å²) in [7, 11) is 2.14. The van der Waals surface area contributed by atoms with Gasteiger partial charge in [0, 0.05) is 17.6 Å². The lowest BCUT2D eigenvalue weighted by Crippen LogP contribution is -2.36. The van der Waals surface area contributed by atoms with E-state index in [2.05, 4.69) is 27.9 Å². The molecule has 18 heavy (non-hydrogen) atoms. The average Bonchev–Trinajstić information content (AvgIpc) is 2.34. The first-order valence-electron chi connectivity index (χ1n) is 6.01. The smallest absolute Gasteiger partial charge is 0.129 e. The SMILES string of the molecule is CN1CCC(Oc2ccc(Br)cc2C(N)=S)CC1. The molecule has 5 heteroatoms. The van der Waals surface area contributed by atoms with Crippen LogP contribution < -0.4 is 10.5 Å². The fraction of sp³-hybridized carbons (Fsp3) is 0.462. The van der Waals surface area contributed by atoms with Crippen LogP contribution in [0.25, 0.3) is 0 Å². The number of benzene rings is 1. The predicted molar refractivity (Wildman–Crippen MR) is 81.2 cm³/mol. The molecule has 1 aromatic carbocycles. The zero-order chi connectivity index (χ0) is 13.1. The van der Waals surface area contributed by atoms with Crippen molar-refractivity contribution in [2.75, 3.05) is 20.1 Å². The monoisotopic (exact) mass is 328 g/mol. The average molecular weight is 329 g/mol. The highest BCUT2D eigenvalue weighted by Crippen LogP contribution is 2.26. The quantitative estimate of drug-likeness (QED) is 0.865. The lowest BCUT2D eigenvalue weighted by atomic mass is 10.1. The van der Waals surface area contributed by atoms with Crippen LogP contribution in [0.5, 0.6) is 5.75 Å². The minimum atomic E-state index is 0.260. The van der Waals surface area contributed by atoms with Crippen molar-refractivity contribution in [3.05, 3.63) is 28.2 Å². The molecule has 2 rings (SSSR count). The van der Waals surface area contributed by atoms with Crippen molar-refractivity contribution in [3.63, 3.8) is 0 Å². The van der Waals surface area contributed by atoms with Gasteiger partial charge < -0.3 is 15.4 Å². The van der Waals surface area contributed by atoms with Gasteiger partial charge in [-0.2, -0.15) is 0 Å². The van der Waals surface area contributed by atoms with Crippen LogP contribution >= 0.6 is 28.1 Å². The zero-order valence-corrected chi connectivity index (χ0v) is 12.8. The Morgan fingerprint density at radius 1 is 1.44 bits per heavy atom. The van der Waals surface area contributed by atoms with Crippen molar-refractivity contribution < 1.29 is 4.74 Å². The van der Waals surface area contributed by atoms with Crippen molar-refractivity contribution in [2.45, 2.75) is 18.9 Å². The fourth-order valence-corrected chi connectivity index (χ4v) is 2.60. The van der Waals surface area contributed by atoms with Crippen molar-refractivity contribution in [3.8, 4) is 5.75 Å². The Bertz CT molecular complexity index is 445. The van der Waals surface area contributed by atoms with Gasteiger partial charge in [-0.05, 0) is 38.1 Å². The highest BCUT2D eigenvalue weighted by molar-refractivity contribution is 9.10. The van der Waals surface area contributed by atoms with Crippen molar-refractivity contribution in [2.24, 2.45) is 5.73 Å². The highest BCUT2D eigenvalue weighted by Gasteiger charge is 2.19. The van der Waals surface area contributed by atoms with Crippen LogP contribution in [-0.4, -0.2) is 36.1 Å². The van der Waals surface area contributed by atoms with E-state index in [1.165, 1.54) is 0 Å². The van der Waals surface area contributed by atoms with Crippen LogP contribution in [0.3, 0.4) is 0 Å². The second-order valence-corrected chi connectivity index (χ2v) is 5.98.